The Labute approximate surface area is 122 Å². The molecule has 0 saturated carbocycles. The zero-order valence-electron chi connectivity index (χ0n) is 12.0. The topological polar surface area (TPSA) is 115 Å². The minimum atomic E-state index is -0.599. The van der Waals surface area contributed by atoms with E-state index in [-0.39, 0.29) is 30.9 Å². The first kappa shape index (κ1) is 15.2. The van der Waals surface area contributed by atoms with Crippen molar-refractivity contribution in [1.82, 2.24) is 19.9 Å². The van der Waals surface area contributed by atoms with Gasteiger partial charge in [-0.1, -0.05) is 0 Å². The number of carbonyl (C=O) groups excluding carboxylic acids is 2. The van der Waals surface area contributed by atoms with Crippen LogP contribution in [0.5, 0.6) is 0 Å². The predicted octanol–water partition coefficient (Wildman–Crippen LogP) is -0.204. The Balaban J connectivity index is 1.86. The van der Waals surface area contributed by atoms with E-state index in [1.807, 2.05) is 0 Å². The number of carbonyl (C=O) groups is 2. The molecule has 0 spiro atoms. The van der Waals surface area contributed by atoms with Gasteiger partial charge < -0.3 is 15.4 Å². The minimum absolute atomic E-state index is 0.0250. The molecule has 3 N–H and O–H groups in total. The molecule has 1 fully saturated rings. The van der Waals surface area contributed by atoms with Crippen molar-refractivity contribution in [2.45, 2.75) is 32.4 Å². The summed E-state index contributed by atoms with van der Waals surface area (Å²) in [5, 5.41) is 10.4. The number of nitrogens with one attached hydrogen (secondary N) is 1. The van der Waals surface area contributed by atoms with Gasteiger partial charge in [-0.3, -0.25) is 10.1 Å². The van der Waals surface area contributed by atoms with Crippen LogP contribution in [0.25, 0.3) is 0 Å². The summed E-state index contributed by atoms with van der Waals surface area (Å²) < 4.78 is 4.73. The normalized spacial score (nSPS) is 18.4. The van der Waals surface area contributed by atoms with Crippen LogP contribution in [0.3, 0.4) is 0 Å². The lowest BCUT2D eigenvalue weighted by molar-refractivity contribution is -0.133. The molecule has 9 nitrogen and oxygen atoms in total. The number of hydrogen-bond donors (Lipinski definition) is 2. The van der Waals surface area contributed by atoms with Crippen LogP contribution in [0.15, 0.2) is 6.20 Å². The van der Waals surface area contributed by atoms with Crippen molar-refractivity contribution >= 4 is 17.8 Å². The summed E-state index contributed by atoms with van der Waals surface area (Å²) in [6, 6.07) is 0.0364. The van der Waals surface area contributed by atoms with E-state index in [2.05, 4.69) is 15.5 Å². The molecule has 9 heteroatoms. The van der Waals surface area contributed by atoms with Gasteiger partial charge in [0.15, 0.2) is 5.82 Å². The summed E-state index contributed by atoms with van der Waals surface area (Å²) in [5.74, 6) is 0.167. The third-order valence-corrected chi connectivity index (χ3v) is 3.13. The van der Waals surface area contributed by atoms with E-state index in [1.54, 1.807) is 11.8 Å². The van der Waals surface area contributed by atoms with E-state index >= 15 is 0 Å². The van der Waals surface area contributed by atoms with Crippen LogP contribution in [-0.4, -0.2) is 57.6 Å². The first-order valence-corrected chi connectivity index (χ1v) is 6.95. The van der Waals surface area contributed by atoms with E-state index in [0.29, 0.717) is 13.1 Å². The van der Waals surface area contributed by atoms with Gasteiger partial charge in [-0.05, 0) is 19.8 Å². The maximum Gasteiger partial charge on any atom is 0.412 e. The van der Waals surface area contributed by atoms with Crippen LogP contribution < -0.4 is 11.1 Å². The van der Waals surface area contributed by atoms with Gasteiger partial charge in [0, 0.05) is 19.1 Å². The van der Waals surface area contributed by atoms with Crippen LogP contribution in [0.4, 0.5) is 10.6 Å². The van der Waals surface area contributed by atoms with Crippen LogP contribution in [0.2, 0.25) is 0 Å². The number of rotatable bonds is 4. The van der Waals surface area contributed by atoms with Crippen molar-refractivity contribution in [3.8, 4) is 0 Å². The molecule has 1 aliphatic rings. The molecule has 0 aromatic carbocycles. The summed E-state index contributed by atoms with van der Waals surface area (Å²) in [6.45, 7) is 3.28. The van der Waals surface area contributed by atoms with E-state index < -0.39 is 6.09 Å². The molecule has 0 radical (unpaired) electrons. The highest BCUT2D eigenvalue weighted by Crippen LogP contribution is 2.09. The van der Waals surface area contributed by atoms with Crippen molar-refractivity contribution in [3.63, 3.8) is 0 Å². The first-order valence-electron chi connectivity index (χ1n) is 6.95. The summed E-state index contributed by atoms with van der Waals surface area (Å²) in [7, 11) is 0. The molecular formula is C12H20N6O3. The number of aromatic nitrogens is 3. The number of ether oxygens (including phenoxy) is 1. The van der Waals surface area contributed by atoms with Crippen molar-refractivity contribution in [2.24, 2.45) is 5.73 Å². The minimum Gasteiger partial charge on any atom is -0.450 e. The highest BCUT2D eigenvalue weighted by Gasteiger charge is 2.21. The molecule has 0 aliphatic carbocycles. The standard InChI is InChI=1S/C12H20N6O3/c1-2-21-12(20)15-10-6-14-18(16-10)8-11(19)17-5-3-4-9(13)7-17/h6,9H,2-5,7-8,13H2,1H3,(H,15,16,20). The second-order valence-corrected chi connectivity index (χ2v) is 4.85. The molecule has 1 aliphatic heterocycles. The summed E-state index contributed by atoms with van der Waals surface area (Å²) in [5.41, 5.74) is 5.85. The highest BCUT2D eigenvalue weighted by molar-refractivity contribution is 5.83. The zero-order chi connectivity index (χ0) is 15.2. The van der Waals surface area contributed by atoms with Gasteiger partial charge in [-0.2, -0.15) is 9.90 Å². The molecule has 116 valence electrons. The van der Waals surface area contributed by atoms with Gasteiger partial charge in [0.05, 0.1) is 12.8 Å². The molecule has 1 aromatic rings. The SMILES string of the molecule is CCOC(=O)Nc1cnn(CC(=O)N2CCCC(N)C2)n1. The fraction of sp³-hybridized carbons (Fsp3) is 0.667. The summed E-state index contributed by atoms with van der Waals surface area (Å²) in [6.07, 6.45) is 2.62. The molecule has 2 rings (SSSR count). The molecule has 0 bridgehead atoms. The van der Waals surface area contributed by atoms with E-state index in [9.17, 15) is 9.59 Å². The lowest BCUT2D eigenvalue weighted by Crippen LogP contribution is -2.46. The average molecular weight is 296 g/mol. The van der Waals surface area contributed by atoms with Crippen LogP contribution in [-0.2, 0) is 16.1 Å². The second kappa shape index (κ2) is 7.02. The van der Waals surface area contributed by atoms with E-state index in [4.69, 9.17) is 10.5 Å². The molecule has 1 saturated heterocycles. The Morgan fingerprint density at radius 1 is 1.57 bits per heavy atom. The Morgan fingerprint density at radius 3 is 3.10 bits per heavy atom. The fourth-order valence-electron chi connectivity index (χ4n) is 2.16. The molecular weight excluding hydrogens is 276 g/mol. The van der Waals surface area contributed by atoms with Crippen molar-refractivity contribution in [2.75, 3.05) is 25.0 Å². The molecule has 2 amide bonds. The van der Waals surface area contributed by atoms with Gasteiger partial charge in [0.1, 0.15) is 6.54 Å². The number of nitrogens with zero attached hydrogens (tertiary/aromatic N) is 4. The molecule has 1 aromatic heterocycles. The molecule has 2 heterocycles. The maximum absolute atomic E-state index is 12.1. The number of likely N-dealkylation sites (tertiary alicyclic amines) is 1. The largest absolute Gasteiger partial charge is 0.450 e. The number of nitrogens with two attached hydrogens (primary N) is 1. The van der Waals surface area contributed by atoms with Gasteiger partial charge in [0.2, 0.25) is 5.91 Å². The monoisotopic (exact) mass is 296 g/mol. The van der Waals surface area contributed by atoms with Crippen molar-refractivity contribution < 1.29 is 14.3 Å². The average Bonchev–Trinajstić information content (AvgIpc) is 2.86. The van der Waals surface area contributed by atoms with Crippen molar-refractivity contribution in [1.29, 1.82) is 0 Å². The fourth-order valence-corrected chi connectivity index (χ4v) is 2.16. The van der Waals surface area contributed by atoms with Crippen LogP contribution in [0.1, 0.15) is 19.8 Å². The predicted molar refractivity (Wildman–Crippen MR) is 74.5 cm³/mol. The third-order valence-electron chi connectivity index (χ3n) is 3.13. The molecule has 21 heavy (non-hydrogen) atoms. The number of amides is 2. The maximum atomic E-state index is 12.1. The summed E-state index contributed by atoms with van der Waals surface area (Å²) >= 11 is 0. The third kappa shape index (κ3) is 4.42. The van der Waals surface area contributed by atoms with E-state index in [1.165, 1.54) is 11.0 Å². The molecule has 1 unspecified atom stereocenters. The number of hydrogen-bond acceptors (Lipinski definition) is 6. The highest BCUT2D eigenvalue weighted by atomic mass is 16.5. The Kier molecular flexibility index (Phi) is 5.09. The van der Waals surface area contributed by atoms with Gasteiger partial charge in [-0.25, -0.2) is 4.79 Å². The van der Waals surface area contributed by atoms with Gasteiger partial charge in [0.25, 0.3) is 0 Å². The van der Waals surface area contributed by atoms with Gasteiger partial charge in [-0.15, -0.1) is 5.10 Å². The number of piperidine rings is 1. The second-order valence-electron chi connectivity index (χ2n) is 4.85. The molecule has 1 atom stereocenters. The number of anilines is 1. The zero-order valence-corrected chi connectivity index (χ0v) is 12.0. The lowest BCUT2D eigenvalue weighted by Gasteiger charge is -2.30. The van der Waals surface area contributed by atoms with Crippen LogP contribution >= 0.6 is 0 Å². The lowest BCUT2D eigenvalue weighted by atomic mass is 10.1. The van der Waals surface area contributed by atoms with Crippen LogP contribution in [0, 0.1) is 0 Å². The van der Waals surface area contributed by atoms with Crippen molar-refractivity contribution in [3.05, 3.63) is 6.20 Å². The first-order chi connectivity index (χ1) is 10.1. The van der Waals surface area contributed by atoms with E-state index in [0.717, 1.165) is 12.8 Å². The quantitative estimate of drug-likeness (QED) is 0.794. The Morgan fingerprint density at radius 2 is 2.38 bits per heavy atom. The smallest absolute Gasteiger partial charge is 0.412 e. The van der Waals surface area contributed by atoms with Gasteiger partial charge >= 0.3 is 6.09 Å². The Bertz CT molecular complexity index is 503. The Hall–Kier alpha value is -2.16. The summed E-state index contributed by atoms with van der Waals surface area (Å²) in [4.78, 5) is 26.3.